The smallest absolute Gasteiger partial charge is 0.393 e. The summed E-state index contributed by atoms with van der Waals surface area (Å²) in [4.78, 5) is 13.1. The Bertz CT molecular complexity index is 1010. The van der Waals surface area contributed by atoms with Crippen LogP contribution in [0.2, 0.25) is 5.02 Å². The number of pyridine rings is 1. The maximum Gasteiger partial charge on any atom is 0.393 e. The third-order valence-electron chi connectivity index (χ3n) is 5.09. The molecule has 1 aromatic carbocycles. The Labute approximate surface area is 187 Å². The highest BCUT2D eigenvalue weighted by molar-refractivity contribution is 9.10. The molecule has 2 aromatic rings. The summed E-state index contributed by atoms with van der Waals surface area (Å²) in [5, 5.41) is 14.9. The topological polar surface area (TPSA) is 56.0 Å². The van der Waals surface area contributed by atoms with E-state index in [1.165, 1.54) is 13.8 Å². The zero-order chi connectivity index (χ0) is 23.0. The lowest BCUT2D eigenvalue weighted by Crippen LogP contribution is -2.39. The molecule has 0 bridgehead atoms. The first-order chi connectivity index (χ1) is 13.8. The molecule has 0 unspecified atom stereocenters. The molecular formula is C21H23BrClF3N2O2. The molecule has 0 atom stereocenters. The number of aromatic nitrogens is 1. The first-order valence-electron chi connectivity index (χ1n) is 9.43. The summed E-state index contributed by atoms with van der Waals surface area (Å²) >= 11 is 9.78. The van der Waals surface area contributed by atoms with Crippen molar-refractivity contribution in [2.45, 2.75) is 60.1 Å². The van der Waals surface area contributed by atoms with E-state index in [2.05, 4.69) is 21.2 Å². The highest BCUT2D eigenvalue weighted by Gasteiger charge is 2.35. The Kier molecular flexibility index (Phi) is 7.45. The maximum absolute atomic E-state index is 13.1. The Morgan fingerprint density at radius 1 is 1.17 bits per heavy atom. The molecule has 0 saturated heterocycles. The fourth-order valence-corrected chi connectivity index (χ4v) is 4.51. The van der Waals surface area contributed by atoms with Crippen LogP contribution < -0.4 is 10.0 Å². The van der Waals surface area contributed by atoms with Crippen molar-refractivity contribution in [1.29, 1.82) is 0 Å². The summed E-state index contributed by atoms with van der Waals surface area (Å²) in [6, 6.07) is 1.94. The van der Waals surface area contributed by atoms with Gasteiger partial charge in [0.25, 0.3) is 5.91 Å². The van der Waals surface area contributed by atoms with Gasteiger partial charge < -0.3 is 10.5 Å². The number of rotatable bonds is 5. The number of aryl methyl sites for hydroxylation is 2. The quantitative estimate of drug-likeness (QED) is 0.390. The largest absolute Gasteiger partial charge is 0.618 e. The highest BCUT2D eigenvalue weighted by atomic mass is 79.9. The number of hydrogen-bond acceptors (Lipinski definition) is 2. The number of amides is 1. The first kappa shape index (κ1) is 24.5. The van der Waals surface area contributed by atoms with E-state index in [-0.39, 0.29) is 22.0 Å². The maximum atomic E-state index is 13.1. The molecule has 1 heterocycles. The van der Waals surface area contributed by atoms with Crippen LogP contribution in [0, 0.1) is 26.0 Å². The van der Waals surface area contributed by atoms with Gasteiger partial charge in [-0.3, -0.25) is 4.79 Å². The van der Waals surface area contributed by atoms with Gasteiger partial charge in [0, 0.05) is 29.6 Å². The summed E-state index contributed by atoms with van der Waals surface area (Å²) < 4.78 is 40.2. The van der Waals surface area contributed by atoms with E-state index < -0.39 is 24.1 Å². The molecule has 0 aliphatic carbocycles. The van der Waals surface area contributed by atoms with E-state index in [0.29, 0.717) is 23.3 Å². The van der Waals surface area contributed by atoms with Crippen molar-refractivity contribution < 1.29 is 22.7 Å². The van der Waals surface area contributed by atoms with Gasteiger partial charge in [-0.15, -0.1) is 0 Å². The van der Waals surface area contributed by atoms with Crippen LogP contribution in [0.5, 0.6) is 0 Å². The van der Waals surface area contributed by atoms with Crippen LogP contribution in [-0.4, -0.2) is 12.1 Å². The molecule has 0 radical (unpaired) electrons. The lowest BCUT2D eigenvalue weighted by molar-refractivity contribution is -0.619. The van der Waals surface area contributed by atoms with Gasteiger partial charge in [-0.2, -0.15) is 17.9 Å². The lowest BCUT2D eigenvalue weighted by atomic mass is 9.98. The molecule has 0 aliphatic heterocycles. The van der Waals surface area contributed by atoms with Gasteiger partial charge in [0.15, 0.2) is 5.69 Å². The van der Waals surface area contributed by atoms with Crippen molar-refractivity contribution in [2.75, 3.05) is 5.32 Å². The molecular weight excluding hydrogens is 485 g/mol. The number of carbonyl (C=O) groups excluding carboxylic acids is 1. The molecule has 2 rings (SSSR count). The predicted molar refractivity (Wildman–Crippen MR) is 115 cm³/mol. The monoisotopic (exact) mass is 506 g/mol. The van der Waals surface area contributed by atoms with Gasteiger partial charge in [0.2, 0.25) is 5.69 Å². The van der Waals surface area contributed by atoms with Crippen LogP contribution in [0.25, 0.3) is 0 Å². The summed E-state index contributed by atoms with van der Waals surface area (Å²) in [7, 11) is 0. The van der Waals surface area contributed by atoms with Gasteiger partial charge in [0.1, 0.15) is 5.56 Å². The number of alkyl halides is 3. The average Bonchev–Trinajstić information content (AvgIpc) is 2.66. The Balaban J connectivity index is 2.65. The van der Waals surface area contributed by atoms with E-state index in [4.69, 9.17) is 11.6 Å². The molecule has 0 spiro atoms. The number of anilines is 1. The lowest BCUT2D eigenvalue weighted by Gasteiger charge is -2.20. The van der Waals surface area contributed by atoms with Crippen molar-refractivity contribution in [3.05, 3.63) is 60.0 Å². The van der Waals surface area contributed by atoms with E-state index >= 15 is 0 Å². The van der Waals surface area contributed by atoms with Crippen molar-refractivity contribution >= 4 is 39.1 Å². The van der Waals surface area contributed by atoms with Crippen LogP contribution in [0.3, 0.4) is 0 Å². The van der Waals surface area contributed by atoms with Crippen molar-refractivity contribution in [3.63, 3.8) is 0 Å². The minimum absolute atomic E-state index is 0.0526. The Morgan fingerprint density at radius 3 is 2.27 bits per heavy atom. The second-order valence-corrected chi connectivity index (χ2v) is 8.28. The number of carbonyl (C=O) groups is 1. The standard InChI is InChI=1S/C21H23BrClF3N2O2/c1-6-13-8-10(3)17(22)14(7-2)19(13)27-20(29)16-12(5)28(30)11(4)15(18(16)23)9-21(24,25)26/h8H,6-7,9H2,1-5H3,(H,27,29). The number of nitrogens with one attached hydrogen (secondary N) is 1. The third kappa shape index (κ3) is 4.75. The molecule has 0 saturated carbocycles. The molecule has 4 nitrogen and oxygen atoms in total. The fourth-order valence-electron chi connectivity index (χ4n) is 3.50. The van der Waals surface area contributed by atoms with Crippen LogP contribution in [0.1, 0.15) is 57.8 Å². The minimum atomic E-state index is -4.57. The number of benzene rings is 1. The normalized spacial score (nSPS) is 11.7. The fraction of sp³-hybridized carbons (Fsp3) is 0.429. The van der Waals surface area contributed by atoms with Crippen molar-refractivity contribution in [2.24, 2.45) is 0 Å². The second kappa shape index (κ2) is 9.14. The molecule has 1 aromatic heterocycles. The number of hydrogen-bond donors (Lipinski definition) is 1. The molecule has 9 heteroatoms. The van der Waals surface area contributed by atoms with Crippen LogP contribution in [0.15, 0.2) is 10.5 Å². The predicted octanol–water partition coefficient (Wildman–Crippen LogP) is 6.14. The zero-order valence-electron chi connectivity index (χ0n) is 17.4. The molecule has 1 N–H and O–H groups in total. The average molecular weight is 508 g/mol. The SMILES string of the molecule is CCc1cc(C)c(Br)c(CC)c1NC(=O)c1c(Cl)c(CC(F)(F)F)c(C)[n+]([O-])c1C. The van der Waals surface area contributed by atoms with Gasteiger partial charge in [-0.05, 0) is 36.5 Å². The molecule has 1 amide bonds. The van der Waals surface area contributed by atoms with E-state index in [1.54, 1.807) is 0 Å². The second-order valence-electron chi connectivity index (χ2n) is 7.11. The van der Waals surface area contributed by atoms with E-state index in [1.807, 2.05) is 26.8 Å². The first-order valence-corrected chi connectivity index (χ1v) is 10.6. The van der Waals surface area contributed by atoms with Gasteiger partial charge >= 0.3 is 6.18 Å². The molecule has 0 aliphatic rings. The highest BCUT2D eigenvalue weighted by Crippen LogP contribution is 2.35. The van der Waals surface area contributed by atoms with Crippen LogP contribution >= 0.6 is 27.5 Å². The zero-order valence-corrected chi connectivity index (χ0v) is 19.7. The van der Waals surface area contributed by atoms with E-state index in [9.17, 15) is 23.2 Å². The molecule has 164 valence electrons. The minimum Gasteiger partial charge on any atom is -0.618 e. The third-order valence-corrected chi connectivity index (χ3v) is 6.62. The Morgan fingerprint density at radius 2 is 1.77 bits per heavy atom. The molecule has 0 fully saturated rings. The summed E-state index contributed by atoms with van der Waals surface area (Å²) in [5.41, 5.74) is 2.46. The van der Waals surface area contributed by atoms with E-state index in [0.717, 1.165) is 21.2 Å². The summed E-state index contributed by atoms with van der Waals surface area (Å²) in [6.07, 6.45) is -4.71. The Hall–Kier alpha value is -1.80. The van der Waals surface area contributed by atoms with Gasteiger partial charge in [-0.1, -0.05) is 47.4 Å². The van der Waals surface area contributed by atoms with Crippen LogP contribution in [0.4, 0.5) is 18.9 Å². The van der Waals surface area contributed by atoms with Crippen molar-refractivity contribution in [1.82, 2.24) is 0 Å². The number of nitrogens with zero attached hydrogens (tertiary/aromatic N) is 1. The molecule has 30 heavy (non-hydrogen) atoms. The number of halogens is 5. The van der Waals surface area contributed by atoms with Gasteiger partial charge in [-0.25, -0.2) is 0 Å². The summed E-state index contributed by atoms with van der Waals surface area (Å²) in [5.74, 6) is -0.717. The van der Waals surface area contributed by atoms with Crippen molar-refractivity contribution in [3.8, 4) is 0 Å². The van der Waals surface area contributed by atoms with Gasteiger partial charge in [0.05, 0.1) is 11.4 Å². The van der Waals surface area contributed by atoms with Crippen LogP contribution in [-0.2, 0) is 19.3 Å². The summed E-state index contributed by atoms with van der Waals surface area (Å²) in [6.45, 7) is 8.44.